The van der Waals surface area contributed by atoms with Crippen molar-refractivity contribution in [3.63, 3.8) is 0 Å². The summed E-state index contributed by atoms with van der Waals surface area (Å²) in [7, 11) is 1.93. The van der Waals surface area contributed by atoms with Gasteiger partial charge >= 0.3 is 0 Å². The number of nitrogens with one attached hydrogen (secondary N) is 1. The molecular weight excluding hydrogens is 150 g/mol. The molecule has 1 aromatic heterocycles. The standard InChI is InChI=1S/C9H9N3/c1-12-6-11-9(10)7-4-2-3-5-8(7)12/h2-6,10H,1H3. The molecular formula is C9H9N3. The first kappa shape index (κ1) is 7.03. The van der Waals surface area contributed by atoms with Gasteiger partial charge < -0.3 is 4.57 Å². The predicted molar refractivity (Wildman–Crippen MR) is 46.6 cm³/mol. The highest BCUT2D eigenvalue weighted by molar-refractivity contribution is 5.77. The van der Waals surface area contributed by atoms with Crippen molar-refractivity contribution in [3.8, 4) is 0 Å². The van der Waals surface area contributed by atoms with Gasteiger partial charge in [-0.15, -0.1) is 0 Å². The second-order valence-electron chi connectivity index (χ2n) is 2.72. The van der Waals surface area contributed by atoms with Crippen LogP contribution < -0.4 is 5.49 Å². The number of nitrogens with zero attached hydrogens (tertiary/aromatic N) is 2. The topological polar surface area (TPSA) is 41.7 Å². The minimum absolute atomic E-state index is 0.337. The van der Waals surface area contributed by atoms with Crippen LogP contribution in [0.15, 0.2) is 30.6 Å². The van der Waals surface area contributed by atoms with Gasteiger partial charge in [-0.05, 0) is 12.1 Å². The largest absolute Gasteiger partial charge is 0.335 e. The summed E-state index contributed by atoms with van der Waals surface area (Å²) in [5.74, 6) is 0. The lowest BCUT2D eigenvalue weighted by atomic mass is 10.2. The van der Waals surface area contributed by atoms with Crippen molar-refractivity contribution in [2.75, 3.05) is 0 Å². The van der Waals surface area contributed by atoms with E-state index in [0.29, 0.717) is 5.49 Å². The van der Waals surface area contributed by atoms with Crippen molar-refractivity contribution in [1.82, 2.24) is 9.55 Å². The van der Waals surface area contributed by atoms with Gasteiger partial charge in [-0.2, -0.15) is 0 Å². The number of fused-ring (bicyclic) bond motifs is 1. The average molecular weight is 159 g/mol. The van der Waals surface area contributed by atoms with Crippen molar-refractivity contribution in [2.24, 2.45) is 7.05 Å². The molecule has 0 radical (unpaired) electrons. The number of para-hydroxylation sites is 1. The quantitative estimate of drug-likeness (QED) is 0.613. The monoisotopic (exact) mass is 159 g/mol. The maximum Gasteiger partial charge on any atom is 0.155 e. The van der Waals surface area contributed by atoms with Crippen LogP contribution in [-0.4, -0.2) is 9.55 Å². The van der Waals surface area contributed by atoms with E-state index < -0.39 is 0 Å². The van der Waals surface area contributed by atoms with Crippen LogP contribution >= 0.6 is 0 Å². The van der Waals surface area contributed by atoms with Crippen LogP contribution in [0.2, 0.25) is 0 Å². The van der Waals surface area contributed by atoms with E-state index in [1.807, 2.05) is 35.9 Å². The third-order valence-electron chi connectivity index (χ3n) is 1.90. The zero-order valence-electron chi connectivity index (χ0n) is 6.78. The summed E-state index contributed by atoms with van der Waals surface area (Å²) >= 11 is 0. The molecule has 0 atom stereocenters. The van der Waals surface area contributed by atoms with E-state index in [1.165, 1.54) is 0 Å². The highest BCUT2D eigenvalue weighted by Gasteiger charge is 1.95. The molecule has 0 aliphatic rings. The van der Waals surface area contributed by atoms with Gasteiger partial charge in [0.25, 0.3) is 0 Å². The molecule has 12 heavy (non-hydrogen) atoms. The lowest BCUT2D eigenvalue weighted by molar-refractivity contribution is 0.888. The molecule has 0 saturated carbocycles. The van der Waals surface area contributed by atoms with Crippen LogP contribution in [0.3, 0.4) is 0 Å². The van der Waals surface area contributed by atoms with Crippen LogP contribution in [0.25, 0.3) is 10.9 Å². The number of benzene rings is 1. The van der Waals surface area contributed by atoms with Crippen LogP contribution in [0.5, 0.6) is 0 Å². The molecule has 0 fully saturated rings. The van der Waals surface area contributed by atoms with Gasteiger partial charge in [0.2, 0.25) is 0 Å². The van der Waals surface area contributed by atoms with Gasteiger partial charge in [0.15, 0.2) is 5.49 Å². The van der Waals surface area contributed by atoms with E-state index in [0.717, 1.165) is 10.9 Å². The maximum absolute atomic E-state index is 7.54. The van der Waals surface area contributed by atoms with Gasteiger partial charge in [-0.1, -0.05) is 12.1 Å². The predicted octanol–water partition coefficient (Wildman–Crippen LogP) is 1.05. The Bertz CT molecular complexity index is 470. The van der Waals surface area contributed by atoms with Crippen molar-refractivity contribution in [1.29, 1.82) is 5.41 Å². The number of hydrogen-bond acceptors (Lipinski definition) is 2. The van der Waals surface area contributed by atoms with E-state index in [1.54, 1.807) is 6.33 Å². The number of aromatic nitrogens is 2. The summed E-state index contributed by atoms with van der Waals surface area (Å²) in [5, 5.41) is 8.43. The Labute approximate surface area is 69.8 Å². The summed E-state index contributed by atoms with van der Waals surface area (Å²) < 4.78 is 1.91. The van der Waals surface area contributed by atoms with Gasteiger partial charge in [0.1, 0.15) is 0 Å². The molecule has 1 heterocycles. The van der Waals surface area contributed by atoms with E-state index >= 15 is 0 Å². The molecule has 2 aromatic rings. The molecule has 0 aliphatic carbocycles. The van der Waals surface area contributed by atoms with Gasteiger partial charge in [-0.25, -0.2) is 4.98 Å². The Morgan fingerprint density at radius 3 is 2.83 bits per heavy atom. The molecule has 0 saturated heterocycles. The van der Waals surface area contributed by atoms with Crippen molar-refractivity contribution in [2.45, 2.75) is 0 Å². The zero-order valence-corrected chi connectivity index (χ0v) is 6.78. The Hall–Kier alpha value is -1.64. The molecule has 0 unspecified atom stereocenters. The second-order valence-corrected chi connectivity index (χ2v) is 2.72. The van der Waals surface area contributed by atoms with Crippen LogP contribution in [0.1, 0.15) is 0 Å². The first-order valence-corrected chi connectivity index (χ1v) is 3.74. The molecule has 0 aliphatic heterocycles. The Balaban J connectivity index is 3.05. The molecule has 2 rings (SSSR count). The number of aryl methyl sites for hydroxylation is 1. The zero-order chi connectivity index (χ0) is 8.55. The molecule has 60 valence electrons. The van der Waals surface area contributed by atoms with E-state index in [-0.39, 0.29) is 0 Å². The number of hydrogen-bond donors (Lipinski definition) is 1. The Morgan fingerprint density at radius 2 is 2.08 bits per heavy atom. The first-order chi connectivity index (χ1) is 5.79. The molecule has 0 amide bonds. The second kappa shape index (κ2) is 2.44. The Kier molecular flexibility index (Phi) is 1.43. The van der Waals surface area contributed by atoms with Crippen molar-refractivity contribution in [3.05, 3.63) is 36.1 Å². The Morgan fingerprint density at radius 1 is 1.33 bits per heavy atom. The van der Waals surface area contributed by atoms with Gasteiger partial charge in [0.05, 0.1) is 11.8 Å². The fourth-order valence-corrected chi connectivity index (χ4v) is 1.26. The molecule has 0 bridgehead atoms. The lowest BCUT2D eigenvalue weighted by Crippen LogP contribution is -2.10. The fraction of sp³-hybridized carbons (Fsp3) is 0.111. The van der Waals surface area contributed by atoms with Gasteiger partial charge in [0, 0.05) is 12.4 Å². The normalized spacial score (nSPS) is 10.4. The van der Waals surface area contributed by atoms with Gasteiger partial charge in [-0.3, -0.25) is 5.41 Å². The highest BCUT2D eigenvalue weighted by Crippen LogP contribution is 2.05. The third kappa shape index (κ3) is 0.906. The SMILES string of the molecule is Cn1cnc(=N)c2ccccc21. The van der Waals surface area contributed by atoms with Crippen molar-refractivity contribution >= 4 is 10.9 Å². The van der Waals surface area contributed by atoms with E-state index in [2.05, 4.69) is 4.98 Å². The molecule has 3 heteroatoms. The van der Waals surface area contributed by atoms with Crippen LogP contribution in [0, 0.1) is 5.41 Å². The minimum atomic E-state index is 0.337. The third-order valence-corrected chi connectivity index (χ3v) is 1.90. The van der Waals surface area contributed by atoms with E-state index in [9.17, 15) is 0 Å². The fourth-order valence-electron chi connectivity index (χ4n) is 1.26. The maximum atomic E-state index is 7.54. The van der Waals surface area contributed by atoms with Crippen LogP contribution in [-0.2, 0) is 7.05 Å². The smallest absolute Gasteiger partial charge is 0.155 e. The summed E-state index contributed by atoms with van der Waals surface area (Å²) in [4.78, 5) is 3.94. The van der Waals surface area contributed by atoms with E-state index in [4.69, 9.17) is 5.41 Å². The number of rotatable bonds is 0. The summed E-state index contributed by atoms with van der Waals surface area (Å²) in [6.45, 7) is 0. The first-order valence-electron chi connectivity index (χ1n) is 3.74. The summed E-state index contributed by atoms with van der Waals surface area (Å²) in [6, 6.07) is 7.77. The lowest BCUT2D eigenvalue weighted by Gasteiger charge is -2.02. The summed E-state index contributed by atoms with van der Waals surface area (Å²) in [5.41, 5.74) is 1.38. The van der Waals surface area contributed by atoms with Crippen LogP contribution in [0.4, 0.5) is 0 Å². The average Bonchev–Trinajstić information content (AvgIpc) is 2.12. The molecule has 1 aromatic carbocycles. The summed E-state index contributed by atoms with van der Waals surface area (Å²) in [6.07, 6.45) is 1.66. The molecule has 0 spiro atoms. The molecule has 3 nitrogen and oxygen atoms in total. The minimum Gasteiger partial charge on any atom is -0.335 e. The highest BCUT2D eigenvalue weighted by atomic mass is 15.0. The molecule has 1 N–H and O–H groups in total. The van der Waals surface area contributed by atoms with Crippen molar-refractivity contribution < 1.29 is 0 Å².